The first kappa shape index (κ1) is 14.9. The van der Waals surface area contributed by atoms with E-state index < -0.39 is 0 Å². The Morgan fingerprint density at radius 2 is 1.77 bits per heavy atom. The highest BCUT2D eigenvalue weighted by molar-refractivity contribution is 5.42. The summed E-state index contributed by atoms with van der Waals surface area (Å²) >= 11 is 0. The molecular formula is C10H23NO2. The number of ether oxygens (including phenoxy) is 1. The molecule has 1 amide bonds. The summed E-state index contributed by atoms with van der Waals surface area (Å²) in [4.78, 5) is 8.58. The third-order valence-electron chi connectivity index (χ3n) is 1.23. The maximum atomic E-state index is 8.58. The first-order valence-corrected chi connectivity index (χ1v) is 4.62. The summed E-state index contributed by atoms with van der Waals surface area (Å²) in [6.45, 7) is 11.6. The number of primary amides is 1. The number of nitrogens with two attached hydrogens (primary N) is 1. The molecule has 0 aromatic heterocycles. The van der Waals surface area contributed by atoms with Crippen LogP contribution in [0.5, 0.6) is 0 Å². The minimum Gasteiger partial charge on any atom is -0.376 e. The van der Waals surface area contributed by atoms with Gasteiger partial charge < -0.3 is 10.5 Å². The summed E-state index contributed by atoms with van der Waals surface area (Å²) in [5, 5.41) is 0. The quantitative estimate of drug-likeness (QED) is 0.690. The van der Waals surface area contributed by atoms with Crippen molar-refractivity contribution in [3.63, 3.8) is 0 Å². The van der Waals surface area contributed by atoms with Gasteiger partial charge in [-0.2, -0.15) is 0 Å². The molecule has 3 nitrogen and oxygen atoms in total. The van der Waals surface area contributed by atoms with Gasteiger partial charge in [-0.3, -0.25) is 4.79 Å². The fraction of sp³-hybridized carbons (Fsp3) is 0.900. The first-order valence-electron chi connectivity index (χ1n) is 4.62. The van der Waals surface area contributed by atoms with E-state index in [1.54, 1.807) is 0 Å². The van der Waals surface area contributed by atoms with Crippen LogP contribution < -0.4 is 5.73 Å². The molecule has 0 radical (unpaired) electrons. The number of carbonyl (C=O) groups excluding carboxylic acids is 1. The molecule has 0 bridgehead atoms. The van der Waals surface area contributed by atoms with Gasteiger partial charge in [0.25, 0.3) is 0 Å². The second-order valence-electron chi connectivity index (χ2n) is 4.28. The van der Waals surface area contributed by atoms with Crippen molar-refractivity contribution in [1.82, 2.24) is 0 Å². The molecule has 3 heteroatoms. The molecular weight excluding hydrogens is 166 g/mol. The van der Waals surface area contributed by atoms with Crippen LogP contribution in [-0.2, 0) is 9.53 Å². The molecule has 0 spiro atoms. The Hall–Kier alpha value is -0.570. The summed E-state index contributed by atoms with van der Waals surface area (Å²) in [7, 11) is 0. The zero-order valence-electron chi connectivity index (χ0n) is 9.46. The zero-order valence-corrected chi connectivity index (χ0v) is 9.46. The highest BCUT2D eigenvalue weighted by Crippen LogP contribution is 2.09. The van der Waals surface area contributed by atoms with Crippen LogP contribution in [0.25, 0.3) is 0 Å². The number of carbonyl (C=O) groups is 1. The topological polar surface area (TPSA) is 52.3 Å². The van der Waals surface area contributed by atoms with Crippen molar-refractivity contribution in [1.29, 1.82) is 0 Å². The predicted octanol–water partition coefficient (Wildman–Crippen LogP) is 1.95. The zero-order chi connectivity index (χ0) is 10.9. The molecule has 0 aliphatic rings. The van der Waals surface area contributed by atoms with Crippen LogP contribution in [0.3, 0.4) is 0 Å². The van der Waals surface area contributed by atoms with Gasteiger partial charge in [0, 0.05) is 6.61 Å². The lowest BCUT2D eigenvalue weighted by molar-refractivity contribution is -0.106. The number of rotatable bonds is 3. The molecule has 0 saturated heterocycles. The number of hydrogen-bond acceptors (Lipinski definition) is 2. The van der Waals surface area contributed by atoms with E-state index in [9.17, 15) is 0 Å². The van der Waals surface area contributed by atoms with E-state index >= 15 is 0 Å². The average Bonchev–Trinajstić information content (AvgIpc) is 1.84. The lowest BCUT2D eigenvalue weighted by atomic mass is 10.1. The van der Waals surface area contributed by atoms with Crippen molar-refractivity contribution < 1.29 is 9.53 Å². The predicted molar refractivity (Wildman–Crippen MR) is 55.4 cm³/mol. The lowest BCUT2D eigenvalue weighted by Gasteiger charge is -2.19. The monoisotopic (exact) mass is 189 g/mol. The van der Waals surface area contributed by atoms with E-state index in [0.717, 1.165) is 18.9 Å². The summed E-state index contributed by atoms with van der Waals surface area (Å²) in [5.41, 5.74) is 4.20. The Morgan fingerprint density at radius 1 is 1.38 bits per heavy atom. The largest absolute Gasteiger partial charge is 0.376 e. The van der Waals surface area contributed by atoms with Crippen molar-refractivity contribution in [2.24, 2.45) is 11.7 Å². The fourth-order valence-corrected chi connectivity index (χ4v) is 0.601. The van der Waals surface area contributed by atoms with Crippen molar-refractivity contribution >= 4 is 6.41 Å². The molecule has 0 aliphatic heterocycles. The summed E-state index contributed by atoms with van der Waals surface area (Å²) in [6.07, 6.45) is 1.41. The Balaban J connectivity index is 0. The van der Waals surface area contributed by atoms with Crippen LogP contribution in [0.2, 0.25) is 0 Å². The van der Waals surface area contributed by atoms with Gasteiger partial charge in [0.15, 0.2) is 0 Å². The molecule has 0 aromatic rings. The second-order valence-corrected chi connectivity index (χ2v) is 4.28. The van der Waals surface area contributed by atoms with Gasteiger partial charge in [0.1, 0.15) is 0 Å². The fourth-order valence-electron chi connectivity index (χ4n) is 0.601. The Morgan fingerprint density at radius 3 is 2.00 bits per heavy atom. The van der Waals surface area contributed by atoms with Crippen LogP contribution in [-0.4, -0.2) is 18.6 Å². The standard InChI is InChI=1S/C9H20O.CH3NO/c1-8(2)6-7-10-9(3,4)5;2-1-3/h8H,6-7H2,1-5H3;1H,(H2,2,3). The van der Waals surface area contributed by atoms with Gasteiger partial charge >= 0.3 is 0 Å². The minimum absolute atomic E-state index is 0.0366. The minimum atomic E-state index is 0.0366. The van der Waals surface area contributed by atoms with Gasteiger partial charge in [-0.25, -0.2) is 0 Å². The maximum absolute atomic E-state index is 8.58. The third kappa shape index (κ3) is 24.6. The van der Waals surface area contributed by atoms with E-state index in [1.165, 1.54) is 0 Å². The van der Waals surface area contributed by atoms with E-state index in [2.05, 4.69) is 40.4 Å². The molecule has 0 unspecified atom stereocenters. The van der Waals surface area contributed by atoms with Crippen molar-refractivity contribution in [3.05, 3.63) is 0 Å². The van der Waals surface area contributed by atoms with Crippen LogP contribution in [0.4, 0.5) is 0 Å². The van der Waals surface area contributed by atoms with Crippen LogP contribution in [0.15, 0.2) is 0 Å². The smallest absolute Gasteiger partial charge is 0.204 e. The molecule has 0 heterocycles. The third-order valence-corrected chi connectivity index (χ3v) is 1.23. The van der Waals surface area contributed by atoms with Gasteiger partial charge in [0.05, 0.1) is 5.60 Å². The summed E-state index contributed by atoms with van der Waals surface area (Å²) < 4.78 is 5.54. The summed E-state index contributed by atoms with van der Waals surface area (Å²) in [6, 6.07) is 0. The average molecular weight is 189 g/mol. The van der Waals surface area contributed by atoms with E-state index in [-0.39, 0.29) is 12.0 Å². The SMILES string of the molecule is CC(C)CCOC(C)(C)C.NC=O. The normalized spacial score (nSPS) is 10.6. The Labute approximate surface area is 81.6 Å². The van der Waals surface area contributed by atoms with Crippen LogP contribution in [0.1, 0.15) is 41.0 Å². The molecule has 2 N–H and O–H groups in total. The molecule has 0 aliphatic carbocycles. The van der Waals surface area contributed by atoms with Crippen molar-refractivity contribution in [3.8, 4) is 0 Å². The highest BCUT2D eigenvalue weighted by atomic mass is 16.5. The van der Waals surface area contributed by atoms with Gasteiger partial charge in [-0.15, -0.1) is 0 Å². The number of amides is 1. The summed E-state index contributed by atoms with van der Waals surface area (Å²) in [5.74, 6) is 0.752. The van der Waals surface area contributed by atoms with Crippen LogP contribution in [0, 0.1) is 5.92 Å². The molecule has 0 saturated carbocycles. The Kier molecular flexibility index (Phi) is 9.24. The van der Waals surface area contributed by atoms with E-state index in [4.69, 9.17) is 9.53 Å². The van der Waals surface area contributed by atoms with Crippen molar-refractivity contribution in [2.45, 2.75) is 46.6 Å². The molecule has 13 heavy (non-hydrogen) atoms. The van der Waals surface area contributed by atoms with Gasteiger partial charge in [-0.05, 0) is 33.1 Å². The lowest BCUT2D eigenvalue weighted by Crippen LogP contribution is -2.20. The van der Waals surface area contributed by atoms with Crippen LogP contribution >= 0.6 is 0 Å². The molecule has 0 aromatic carbocycles. The number of hydrogen-bond donors (Lipinski definition) is 1. The van der Waals surface area contributed by atoms with E-state index in [0.29, 0.717) is 0 Å². The van der Waals surface area contributed by atoms with Crippen molar-refractivity contribution in [2.75, 3.05) is 6.61 Å². The molecule has 0 rings (SSSR count). The molecule has 0 atom stereocenters. The van der Waals surface area contributed by atoms with Gasteiger partial charge in [-0.1, -0.05) is 13.8 Å². The Bertz CT molecular complexity index is 117. The molecule has 0 fully saturated rings. The van der Waals surface area contributed by atoms with E-state index in [1.807, 2.05) is 0 Å². The van der Waals surface area contributed by atoms with Gasteiger partial charge in [0.2, 0.25) is 6.41 Å². The maximum Gasteiger partial charge on any atom is 0.204 e. The highest BCUT2D eigenvalue weighted by Gasteiger charge is 2.09. The first-order chi connectivity index (χ1) is 5.83. The molecule has 80 valence electrons. The second kappa shape index (κ2) is 8.05.